The topological polar surface area (TPSA) is 62.6 Å². The fourth-order valence-corrected chi connectivity index (χ4v) is 4.18. The lowest BCUT2D eigenvalue weighted by Crippen LogP contribution is -2.45. The SMILES string of the molecule is CCN1CCN(Cc2nc3cc(NC(=O)COc4ccc(C)cc4)ccc3n2CC)CC1. The van der Waals surface area contributed by atoms with Crippen LogP contribution in [0.4, 0.5) is 5.69 Å². The predicted molar refractivity (Wildman–Crippen MR) is 128 cm³/mol. The zero-order valence-electron chi connectivity index (χ0n) is 19.3. The Morgan fingerprint density at radius 2 is 1.72 bits per heavy atom. The number of hydrogen-bond acceptors (Lipinski definition) is 5. The fourth-order valence-electron chi connectivity index (χ4n) is 4.18. The molecular formula is C25H33N5O2. The van der Waals surface area contributed by atoms with Gasteiger partial charge < -0.3 is 19.5 Å². The number of aryl methyl sites for hydroxylation is 2. The molecule has 7 nitrogen and oxygen atoms in total. The molecule has 1 aliphatic heterocycles. The molecule has 1 fully saturated rings. The molecule has 1 N–H and O–H groups in total. The first kappa shape index (κ1) is 22.3. The van der Waals surface area contributed by atoms with E-state index in [4.69, 9.17) is 9.72 Å². The van der Waals surface area contributed by atoms with Crippen LogP contribution in [0.3, 0.4) is 0 Å². The smallest absolute Gasteiger partial charge is 0.262 e. The van der Waals surface area contributed by atoms with Crippen molar-refractivity contribution in [3.8, 4) is 5.75 Å². The molecule has 2 aromatic carbocycles. The first-order chi connectivity index (χ1) is 15.6. The van der Waals surface area contributed by atoms with Gasteiger partial charge in [-0.3, -0.25) is 9.69 Å². The number of anilines is 1. The number of rotatable bonds is 8. The maximum Gasteiger partial charge on any atom is 0.262 e. The van der Waals surface area contributed by atoms with Crippen LogP contribution in [0.1, 0.15) is 25.2 Å². The summed E-state index contributed by atoms with van der Waals surface area (Å²) >= 11 is 0. The van der Waals surface area contributed by atoms with Crippen molar-refractivity contribution in [1.29, 1.82) is 0 Å². The minimum atomic E-state index is -0.186. The number of carbonyl (C=O) groups excluding carboxylic acids is 1. The van der Waals surface area contributed by atoms with Crippen LogP contribution in [0.25, 0.3) is 11.0 Å². The van der Waals surface area contributed by atoms with Crippen molar-refractivity contribution in [1.82, 2.24) is 19.4 Å². The molecule has 7 heteroatoms. The fraction of sp³-hybridized carbons (Fsp3) is 0.440. The van der Waals surface area contributed by atoms with Gasteiger partial charge in [0.05, 0.1) is 17.6 Å². The Bertz CT molecular complexity index is 1050. The molecule has 1 aliphatic rings. The van der Waals surface area contributed by atoms with Gasteiger partial charge in [-0.05, 0) is 50.7 Å². The average molecular weight is 436 g/mol. The minimum absolute atomic E-state index is 0.0283. The third-order valence-electron chi connectivity index (χ3n) is 6.10. The van der Waals surface area contributed by atoms with E-state index >= 15 is 0 Å². The van der Waals surface area contributed by atoms with Crippen LogP contribution >= 0.6 is 0 Å². The van der Waals surface area contributed by atoms with Gasteiger partial charge in [-0.15, -0.1) is 0 Å². The van der Waals surface area contributed by atoms with E-state index in [1.54, 1.807) is 0 Å². The van der Waals surface area contributed by atoms with Crippen LogP contribution in [0.2, 0.25) is 0 Å². The van der Waals surface area contributed by atoms with E-state index < -0.39 is 0 Å². The molecule has 0 unspecified atom stereocenters. The van der Waals surface area contributed by atoms with Gasteiger partial charge in [-0.2, -0.15) is 0 Å². The van der Waals surface area contributed by atoms with Crippen LogP contribution in [-0.2, 0) is 17.9 Å². The second-order valence-corrected chi connectivity index (χ2v) is 8.34. The number of amides is 1. The Kier molecular flexibility index (Phi) is 7.07. The largest absolute Gasteiger partial charge is 0.484 e. The molecule has 1 aromatic heterocycles. The van der Waals surface area contributed by atoms with Crippen molar-refractivity contribution in [2.75, 3.05) is 44.6 Å². The molecule has 0 saturated carbocycles. The number of carbonyl (C=O) groups is 1. The van der Waals surface area contributed by atoms with E-state index in [2.05, 4.69) is 33.5 Å². The van der Waals surface area contributed by atoms with Gasteiger partial charge in [0, 0.05) is 38.4 Å². The number of imidazole rings is 1. The summed E-state index contributed by atoms with van der Waals surface area (Å²) in [4.78, 5) is 22.2. The van der Waals surface area contributed by atoms with Crippen molar-refractivity contribution in [2.45, 2.75) is 33.9 Å². The summed E-state index contributed by atoms with van der Waals surface area (Å²) in [6.45, 7) is 13.6. The Morgan fingerprint density at radius 1 is 1.00 bits per heavy atom. The molecule has 0 spiro atoms. The lowest BCUT2D eigenvalue weighted by molar-refractivity contribution is -0.118. The summed E-state index contributed by atoms with van der Waals surface area (Å²) in [5, 5.41) is 2.93. The number of piperazine rings is 1. The van der Waals surface area contributed by atoms with Gasteiger partial charge >= 0.3 is 0 Å². The zero-order valence-corrected chi connectivity index (χ0v) is 19.3. The Hall–Kier alpha value is -2.90. The lowest BCUT2D eigenvalue weighted by atomic mass is 10.2. The van der Waals surface area contributed by atoms with Crippen LogP contribution in [0, 0.1) is 6.92 Å². The zero-order chi connectivity index (χ0) is 22.5. The van der Waals surface area contributed by atoms with Crippen molar-refractivity contribution < 1.29 is 9.53 Å². The number of ether oxygens (including phenoxy) is 1. The number of nitrogens with zero attached hydrogens (tertiary/aromatic N) is 4. The van der Waals surface area contributed by atoms with Gasteiger partial charge in [0.25, 0.3) is 5.91 Å². The third kappa shape index (κ3) is 5.29. The van der Waals surface area contributed by atoms with E-state index in [9.17, 15) is 4.79 Å². The van der Waals surface area contributed by atoms with E-state index in [0.717, 1.165) is 73.9 Å². The summed E-state index contributed by atoms with van der Waals surface area (Å²) in [6, 6.07) is 13.6. The van der Waals surface area contributed by atoms with Gasteiger partial charge in [0.15, 0.2) is 6.61 Å². The van der Waals surface area contributed by atoms with E-state index in [0.29, 0.717) is 5.75 Å². The van der Waals surface area contributed by atoms with Gasteiger partial charge in [-0.25, -0.2) is 4.98 Å². The monoisotopic (exact) mass is 435 g/mol. The van der Waals surface area contributed by atoms with Crippen LogP contribution in [-0.4, -0.2) is 64.6 Å². The van der Waals surface area contributed by atoms with Crippen molar-refractivity contribution in [3.05, 3.63) is 53.9 Å². The van der Waals surface area contributed by atoms with E-state index in [1.807, 2.05) is 49.4 Å². The standard InChI is InChI=1S/C25H33N5O2/c1-4-28-12-14-29(15-13-28)17-24-27-22-16-20(8-11-23(22)30(24)5-2)26-25(31)18-32-21-9-6-19(3)7-10-21/h6-11,16H,4-5,12-15,17-18H2,1-3H3,(H,26,31). The van der Waals surface area contributed by atoms with Crippen molar-refractivity contribution in [2.24, 2.45) is 0 Å². The van der Waals surface area contributed by atoms with Gasteiger partial charge in [0.2, 0.25) is 0 Å². The third-order valence-corrected chi connectivity index (χ3v) is 6.10. The molecule has 32 heavy (non-hydrogen) atoms. The second-order valence-electron chi connectivity index (χ2n) is 8.34. The van der Waals surface area contributed by atoms with E-state index in [1.165, 1.54) is 0 Å². The van der Waals surface area contributed by atoms with Crippen molar-refractivity contribution in [3.63, 3.8) is 0 Å². The number of fused-ring (bicyclic) bond motifs is 1. The number of hydrogen-bond donors (Lipinski definition) is 1. The molecular weight excluding hydrogens is 402 g/mol. The van der Waals surface area contributed by atoms with Crippen LogP contribution in [0.5, 0.6) is 5.75 Å². The summed E-state index contributed by atoms with van der Waals surface area (Å²) in [7, 11) is 0. The lowest BCUT2D eigenvalue weighted by Gasteiger charge is -2.33. The van der Waals surface area contributed by atoms with Gasteiger partial charge in [-0.1, -0.05) is 24.6 Å². The van der Waals surface area contributed by atoms with Gasteiger partial charge in [0.1, 0.15) is 11.6 Å². The molecule has 0 atom stereocenters. The normalized spacial score (nSPS) is 15.2. The first-order valence-corrected chi connectivity index (χ1v) is 11.5. The highest BCUT2D eigenvalue weighted by molar-refractivity contribution is 5.94. The number of nitrogens with one attached hydrogen (secondary N) is 1. The predicted octanol–water partition coefficient (Wildman–Crippen LogP) is 3.52. The molecule has 2 heterocycles. The number of aromatic nitrogens is 2. The summed E-state index contributed by atoms with van der Waals surface area (Å²) in [5.41, 5.74) is 3.90. The van der Waals surface area contributed by atoms with E-state index in [-0.39, 0.29) is 12.5 Å². The summed E-state index contributed by atoms with van der Waals surface area (Å²) in [5.74, 6) is 1.58. The Labute approximate surface area is 190 Å². The quantitative estimate of drug-likeness (QED) is 0.587. The highest BCUT2D eigenvalue weighted by Gasteiger charge is 2.19. The van der Waals surface area contributed by atoms with Crippen LogP contribution in [0.15, 0.2) is 42.5 Å². The number of benzene rings is 2. The van der Waals surface area contributed by atoms with Crippen molar-refractivity contribution >= 4 is 22.6 Å². The second kappa shape index (κ2) is 10.1. The Balaban J connectivity index is 1.40. The average Bonchev–Trinajstić information content (AvgIpc) is 3.15. The molecule has 1 amide bonds. The Morgan fingerprint density at radius 3 is 2.41 bits per heavy atom. The maximum absolute atomic E-state index is 12.4. The highest BCUT2D eigenvalue weighted by Crippen LogP contribution is 2.22. The summed E-state index contributed by atoms with van der Waals surface area (Å²) < 4.78 is 7.85. The molecule has 170 valence electrons. The maximum atomic E-state index is 12.4. The van der Waals surface area contributed by atoms with Crippen LogP contribution < -0.4 is 10.1 Å². The molecule has 0 bridgehead atoms. The minimum Gasteiger partial charge on any atom is -0.484 e. The molecule has 0 radical (unpaired) electrons. The molecule has 3 aromatic rings. The molecule has 4 rings (SSSR count). The highest BCUT2D eigenvalue weighted by atomic mass is 16.5. The number of likely N-dealkylation sites (N-methyl/N-ethyl adjacent to an activating group) is 1. The first-order valence-electron chi connectivity index (χ1n) is 11.5. The summed E-state index contributed by atoms with van der Waals surface area (Å²) in [6.07, 6.45) is 0. The molecule has 0 aliphatic carbocycles. The molecule has 1 saturated heterocycles.